The summed E-state index contributed by atoms with van der Waals surface area (Å²) in [5.41, 5.74) is 3.04. The summed E-state index contributed by atoms with van der Waals surface area (Å²) in [6, 6.07) is 14.4. The van der Waals surface area contributed by atoms with Gasteiger partial charge in [-0.2, -0.15) is 10.1 Å². The number of benzene rings is 2. The largest absolute Gasteiger partial charge is 0.366 e. The van der Waals surface area contributed by atoms with Gasteiger partial charge < -0.3 is 4.90 Å². The minimum atomic E-state index is -0.348. The van der Waals surface area contributed by atoms with Gasteiger partial charge in [-0.1, -0.05) is 24.3 Å². The summed E-state index contributed by atoms with van der Waals surface area (Å²) in [4.78, 5) is 26.3. The van der Waals surface area contributed by atoms with Gasteiger partial charge in [0.15, 0.2) is 0 Å². The minimum Gasteiger partial charge on any atom is -0.366 e. The van der Waals surface area contributed by atoms with Gasteiger partial charge in [-0.25, -0.2) is 0 Å². The molecule has 2 aromatic rings. The first kappa shape index (κ1) is 18.9. The molecule has 1 saturated heterocycles. The standard InChI is InChI=1S/C22H22N4O3/c1-16-19(22(27)25(23-16)18-8-4-2-5-9-18)14-17-10-11-20(21(15-17)26(28)29)24-12-6-3-7-13-24/h2,4-5,8-11,14-15H,3,6-7,12-13H2,1H3/b19-14-. The number of piperidine rings is 1. The van der Waals surface area contributed by atoms with Crippen LogP contribution in [0.5, 0.6) is 0 Å². The lowest BCUT2D eigenvalue weighted by Crippen LogP contribution is -2.29. The summed E-state index contributed by atoms with van der Waals surface area (Å²) in [6.45, 7) is 3.43. The van der Waals surface area contributed by atoms with E-state index in [0.29, 0.717) is 28.2 Å². The maximum atomic E-state index is 12.9. The van der Waals surface area contributed by atoms with Crippen LogP contribution in [0.3, 0.4) is 0 Å². The molecule has 2 aliphatic rings. The molecule has 0 N–H and O–H groups in total. The van der Waals surface area contributed by atoms with Crippen LogP contribution >= 0.6 is 0 Å². The summed E-state index contributed by atoms with van der Waals surface area (Å²) in [5, 5.41) is 17.4. The summed E-state index contributed by atoms with van der Waals surface area (Å²) in [5.74, 6) is -0.239. The molecule has 1 fully saturated rings. The van der Waals surface area contributed by atoms with E-state index in [1.54, 1.807) is 25.1 Å². The number of anilines is 2. The Hall–Kier alpha value is -3.48. The lowest BCUT2D eigenvalue weighted by molar-refractivity contribution is -0.384. The number of hydrogen-bond donors (Lipinski definition) is 0. The van der Waals surface area contributed by atoms with Crippen LogP contribution in [-0.2, 0) is 4.79 Å². The molecule has 0 aromatic heterocycles. The van der Waals surface area contributed by atoms with E-state index in [9.17, 15) is 14.9 Å². The molecule has 148 valence electrons. The molecule has 7 heteroatoms. The molecule has 29 heavy (non-hydrogen) atoms. The molecule has 0 unspecified atom stereocenters. The Balaban J connectivity index is 1.66. The predicted molar refractivity (Wildman–Crippen MR) is 114 cm³/mol. The second-order valence-electron chi connectivity index (χ2n) is 7.25. The van der Waals surface area contributed by atoms with Gasteiger partial charge in [0.2, 0.25) is 0 Å². The molecule has 7 nitrogen and oxygen atoms in total. The number of hydrogen-bond acceptors (Lipinski definition) is 5. The first-order valence-corrected chi connectivity index (χ1v) is 9.75. The normalized spacial score (nSPS) is 18.3. The van der Waals surface area contributed by atoms with Crippen LogP contribution in [0.4, 0.5) is 17.1 Å². The third-order valence-corrected chi connectivity index (χ3v) is 5.27. The summed E-state index contributed by atoms with van der Waals surface area (Å²) in [7, 11) is 0. The smallest absolute Gasteiger partial charge is 0.293 e. The second-order valence-corrected chi connectivity index (χ2v) is 7.25. The highest BCUT2D eigenvalue weighted by Crippen LogP contribution is 2.32. The molecular weight excluding hydrogens is 368 g/mol. The highest BCUT2D eigenvalue weighted by molar-refractivity contribution is 6.32. The molecule has 0 aliphatic carbocycles. The molecule has 0 saturated carbocycles. The summed E-state index contributed by atoms with van der Waals surface area (Å²) in [6.07, 6.45) is 4.93. The number of hydrazone groups is 1. The molecule has 2 heterocycles. The third-order valence-electron chi connectivity index (χ3n) is 5.27. The minimum absolute atomic E-state index is 0.0706. The van der Waals surface area contributed by atoms with Crippen molar-refractivity contribution < 1.29 is 9.72 Å². The Labute approximate surface area is 169 Å². The van der Waals surface area contributed by atoms with Crippen LogP contribution in [0.2, 0.25) is 0 Å². The van der Waals surface area contributed by atoms with E-state index in [1.807, 2.05) is 36.4 Å². The van der Waals surface area contributed by atoms with E-state index >= 15 is 0 Å². The van der Waals surface area contributed by atoms with E-state index in [1.165, 1.54) is 5.01 Å². The van der Waals surface area contributed by atoms with Crippen LogP contribution in [-0.4, -0.2) is 29.6 Å². The first-order chi connectivity index (χ1) is 14.0. The van der Waals surface area contributed by atoms with Crippen molar-refractivity contribution in [1.29, 1.82) is 0 Å². The first-order valence-electron chi connectivity index (χ1n) is 9.75. The van der Waals surface area contributed by atoms with Crippen molar-refractivity contribution >= 4 is 34.8 Å². The number of nitro benzene ring substituents is 1. The quantitative estimate of drug-likeness (QED) is 0.441. The molecule has 0 atom stereocenters. The number of carbonyl (C=O) groups is 1. The maximum absolute atomic E-state index is 12.9. The fourth-order valence-corrected chi connectivity index (χ4v) is 3.77. The molecule has 2 aromatic carbocycles. The Bertz CT molecular complexity index is 1010. The number of rotatable bonds is 4. The van der Waals surface area contributed by atoms with Crippen molar-refractivity contribution in [1.82, 2.24) is 0 Å². The van der Waals surface area contributed by atoms with E-state index in [-0.39, 0.29) is 16.5 Å². The average molecular weight is 390 g/mol. The van der Waals surface area contributed by atoms with Crippen molar-refractivity contribution in [2.75, 3.05) is 23.0 Å². The van der Waals surface area contributed by atoms with E-state index in [0.717, 1.165) is 32.4 Å². The third kappa shape index (κ3) is 3.76. The number of nitro groups is 1. The second kappa shape index (κ2) is 7.87. The van der Waals surface area contributed by atoms with Gasteiger partial charge in [0.1, 0.15) is 5.69 Å². The van der Waals surface area contributed by atoms with Crippen LogP contribution in [0.1, 0.15) is 31.7 Å². The van der Waals surface area contributed by atoms with Crippen molar-refractivity contribution in [3.05, 3.63) is 69.8 Å². The molecule has 0 radical (unpaired) electrons. The van der Waals surface area contributed by atoms with Crippen molar-refractivity contribution in [3.8, 4) is 0 Å². The molecule has 4 rings (SSSR count). The van der Waals surface area contributed by atoms with Crippen LogP contribution in [0.15, 0.2) is 59.2 Å². The predicted octanol–water partition coefficient (Wildman–Crippen LogP) is 4.39. The summed E-state index contributed by atoms with van der Waals surface area (Å²) < 4.78 is 0. The van der Waals surface area contributed by atoms with E-state index < -0.39 is 0 Å². The Morgan fingerprint density at radius 2 is 1.79 bits per heavy atom. The van der Waals surface area contributed by atoms with Crippen molar-refractivity contribution in [2.24, 2.45) is 5.10 Å². The molecule has 0 bridgehead atoms. The Kier molecular flexibility index (Phi) is 5.12. The van der Waals surface area contributed by atoms with Gasteiger partial charge in [-0.3, -0.25) is 14.9 Å². The fraction of sp³-hybridized carbons (Fsp3) is 0.273. The number of carbonyl (C=O) groups excluding carboxylic acids is 1. The van der Waals surface area contributed by atoms with Crippen LogP contribution in [0.25, 0.3) is 6.08 Å². The monoisotopic (exact) mass is 390 g/mol. The van der Waals surface area contributed by atoms with Crippen LogP contribution in [0, 0.1) is 10.1 Å². The SMILES string of the molecule is CC1=NN(c2ccccc2)C(=O)/C1=C\c1ccc(N2CCCCC2)c([N+](=O)[O-])c1. The Morgan fingerprint density at radius 3 is 2.48 bits per heavy atom. The maximum Gasteiger partial charge on any atom is 0.293 e. The topological polar surface area (TPSA) is 79.0 Å². The van der Waals surface area contributed by atoms with Gasteiger partial charge >= 0.3 is 0 Å². The van der Waals surface area contributed by atoms with Gasteiger partial charge in [0, 0.05) is 19.2 Å². The highest BCUT2D eigenvalue weighted by atomic mass is 16.6. The lowest BCUT2D eigenvalue weighted by Gasteiger charge is -2.28. The van der Waals surface area contributed by atoms with Gasteiger partial charge in [0.25, 0.3) is 11.6 Å². The molecular formula is C22H22N4O3. The molecule has 2 aliphatic heterocycles. The average Bonchev–Trinajstić information content (AvgIpc) is 3.03. The van der Waals surface area contributed by atoms with Crippen molar-refractivity contribution in [2.45, 2.75) is 26.2 Å². The molecule has 0 spiro atoms. The van der Waals surface area contributed by atoms with Gasteiger partial charge in [0.05, 0.1) is 21.9 Å². The van der Waals surface area contributed by atoms with Crippen LogP contribution < -0.4 is 9.91 Å². The zero-order valence-corrected chi connectivity index (χ0v) is 16.2. The van der Waals surface area contributed by atoms with E-state index in [4.69, 9.17) is 0 Å². The Morgan fingerprint density at radius 1 is 1.07 bits per heavy atom. The number of para-hydroxylation sites is 1. The number of nitrogens with zero attached hydrogens (tertiary/aromatic N) is 4. The lowest BCUT2D eigenvalue weighted by atomic mass is 10.0. The zero-order valence-electron chi connectivity index (χ0n) is 16.2. The number of amides is 1. The zero-order chi connectivity index (χ0) is 20.4. The van der Waals surface area contributed by atoms with Crippen molar-refractivity contribution in [3.63, 3.8) is 0 Å². The van der Waals surface area contributed by atoms with Gasteiger partial charge in [-0.05, 0) is 56.0 Å². The highest BCUT2D eigenvalue weighted by Gasteiger charge is 2.29. The van der Waals surface area contributed by atoms with E-state index in [2.05, 4.69) is 10.0 Å². The molecule has 1 amide bonds. The fourth-order valence-electron chi connectivity index (χ4n) is 3.77. The van der Waals surface area contributed by atoms with Gasteiger partial charge in [-0.15, -0.1) is 0 Å². The summed E-state index contributed by atoms with van der Waals surface area (Å²) >= 11 is 0.